The van der Waals surface area contributed by atoms with E-state index in [1.165, 1.54) is 31.2 Å². The minimum absolute atomic E-state index is 0.0448. The number of benzene rings is 2. The number of carbonyl (C=O) groups is 1. The molecule has 0 heterocycles. The van der Waals surface area contributed by atoms with Crippen molar-refractivity contribution in [1.29, 1.82) is 0 Å². The Morgan fingerprint density at radius 2 is 1.87 bits per heavy atom. The Kier molecular flexibility index (Phi) is 5.41. The topological polar surface area (TPSA) is 81.3 Å². The standard InChI is InChI=1S/C15H14F2N2O3S/c1-9(20)10-2-4-14(19-23(21)22)11(6-10)8-18-15-5-3-12(16)7-13(15)17/h2-7,18-19H,8H2,1H3,(H,21,22)/p-1. The van der Waals surface area contributed by atoms with Gasteiger partial charge in [0.2, 0.25) is 0 Å². The molecule has 2 aromatic rings. The van der Waals surface area contributed by atoms with E-state index in [0.717, 1.165) is 12.1 Å². The molecule has 2 rings (SSSR count). The van der Waals surface area contributed by atoms with Gasteiger partial charge in [0.15, 0.2) is 5.78 Å². The fourth-order valence-electron chi connectivity index (χ4n) is 1.97. The average molecular weight is 339 g/mol. The van der Waals surface area contributed by atoms with Gasteiger partial charge in [-0.05, 0) is 42.8 Å². The maximum atomic E-state index is 13.6. The molecule has 5 nitrogen and oxygen atoms in total. The summed E-state index contributed by atoms with van der Waals surface area (Å²) >= 11 is -2.54. The van der Waals surface area contributed by atoms with Gasteiger partial charge in [0, 0.05) is 29.4 Å². The Morgan fingerprint density at radius 3 is 2.48 bits per heavy atom. The van der Waals surface area contributed by atoms with Crippen molar-refractivity contribution >= 4 is 28.4 Å². The van der Waals surface area contributed by atoms with Crippen LogP contribution in [0.2, 0.25) is 0 Å². The molecule has 0 aliphatic heterocycles. The quantitative estimate of drug-likeness (QED) is 0.626. The number of halogens is 2. The molecule has 1 unspecified atom stereocenters. The van der Waals surface area contributed by atoms with Gasteiger partial charge < -0.3 is 14.6 Å². The van der Waals surface area contributed by atoms with Crippen molar-refractivity contribution in [2.24, 2.45) is 0 Å². The van der Waals surface area contributed by atoms with Crippen LogP contribution in [0.4, 0.5) is 20.2 Å². The van der Waals surface area contributed by atoms with Gasteiger partial charge in [-0.15, -0.1) is 0 Å². The second kappa shape index (κ2) is 7.30. The van der Waals surface area contributed by atoms with Gasteiger partial charge in [0.1, 0.15) is 11.6 Å². The van der Waals surface area contributed by atoms with Crippen LogP contribution in [-0.4, -0.2) is 14.5 Å². The van der Waals surface area contributed by atoms with E-state index in [9.17, 15) is 22.3 Å². The maximum absolute atomic E-state index is 13.6. The SMILES string of the molecule is CC(=O)c1ccc(NS(=O)[O-])c(CNc2ccc(F)cc2F)c1. The Bertz CT molecular complexity index is 768. The Labute approximate surface area is 134 Å². The third kappa shape index (κ3) is 4.57. The molecular weight excluding hydrogens is 326 g/mol. The summed E-state index contributed by atoms with van der Waals surface area (Å²) in [6.45, 7) is 1.42. The number of Topliss-reactive ketones (excluding diaryl/α,β-unsaturated/α-hetero) is 1. The molecule has 2 aromatic carbocycles. The van der Waals surface area contributed by atoms with Crippen LogP contribution in [0.15, 0.2) is 36.4 Å². The molecule has 0 bridgehead atoms. The fraction of sp³-hybridized carbons (Fsp3) is 0.133. The first-order valence-electron chi connectivity index (χ1n) is 6.55. The zero-order valence-corrected chi connectivity index (χ0v) is 12.9. The third-order valence-corrected chi connectivity index (χ3v) is 3.49. The first-order valence-corrected chi connectivity index (χ1v) is 7.63. The summed E-state index contributed by atoms with van der Waals surface area (Å²) in [4.78, 5) is 11.4. The van der Waals surface area contributed by atoms with E-state index in [2.05, 4.69) is 10.0 Å². The van der Waals surface area contributed by atoms with Crippen molar-refractivity contribution in [3.63, 3.8) is 0 Å². The molecule has 0 aromatic heterocycles. The molecule has 122 valence electrons. The van der Waals surface area contributed by atoms with Crippen molar-refractivity contribution in [1.82, 2.24) is 0 Å². The number of rotatable bonds is 6. The smallest absolute Gasteiger partial charge is 0.159 e. The molecule has 0 spiro atoms. The predicted molar refractivity (Wildman–Crippen MR) is 82.7 cm³/mol. The van der Waals surface area contributed by atoms with Crippen molar-refractivity contribution in [2.75, 3.05) is 10.0 Å². The molecule has 23 heavy (non-hydrogen) atoms. The van der Waals surface area contributed by atoms with Crippen LogP contribution in [0.25, 0.3) is 0 Å². The molecule has 0 saturated heterocycles. The summed E-state index contributed by atoms with van der Waals surface area (Å²) in [5.74, 6) is -1.65. The summed E-state index contributed by atoms with van der Waals surface area (Å²) in [5.41, 5.74) is 1.17. The number of hydrogen-bond acceptors (Lipinski definition) is 4. The molecule has 1 atom stereocenters. The second-order valence-corrected chi connectivity index (χ2v) is 5.42. The van der Waals surface area contributed by atoms with Crippen molar-refractivity contribution < 1.29 is 22.3 Å². The predicted octanol–water partition coefficient (Wildman–Crippen LogP) is 2.99. The summed E-state index contributed by atoms with van der Waals surface area (Å²) < 4.78 is 50.3. The van der Waals surface area contributed by atoms with Crippen LogP contribution in [0.1, 0.15) is 22.8 Å². The molecule has 0 fully saturated rings. The van der Waals surface area contributed by atoms with Crippen LogP contribution in [0, 0.1) is 11.6 Å². The molecule has 8 heteroatoms. The first kappa shape index (κ1) is 17.0. The summed E-state index contributed by atoms with van der Waals surface area (Å²) in [5, 5.41) is 2.74. The van der Waals surface area contributed by atoms with E-state index in [1.54, 1.807) is 0 Å². The van der Waals surface area contributed by atoms with Crippen LogP contribution in [0.5, 0.6) is 0 Å². The lowest BCUT2D eigenvalue weighted by Gasteiger charge is -2.16. The molecule has 0 aliphatic rings. The molecular formula is C15H13F2N2O3S-. The van der Waals surface area contributed by atoms with Gasteiger partial charge in [-0.25, -0.2) is 8.78 Å². The number of carbonyl (C=O) groups excluding carboxylic acids is 1. The Morgan fingerprint density at radius 1 is 1.17 bits per heavy atom. The van der Waals surface area contributed by atoms with Crippen LogP contribution in [-0.2, 0) is 17.8 Å². The Balaban J connectivity index is 2.26. The monoisotopic (exact) mass is 339 g/mol. The minimum atomic E-state index is -2.54. The highest BCUT2D eigenvalue weighted by Crippen LogP contribution is 2.22. The second-order valence-electron chi connectivity index (χ2n) is 4.74. The van der Waals surface area contributed by atoms with E-state index in [-0.39, 0.29) is 23.7 Å². The van der Waals surface area contributed by atoms with Gasteiger partial charge >= 0.3 is 0 Å². The highest BCUT2D eigenvalue weighted by atomic mass is 32.2. The molecule has 0 radical (unpaired) electrons. The van der Waals surface area contributed by atoms with Gasteiger partial charge in [0.05, 0.1) is 11.4 Å². The molecule has 2 N–H and O–H groups in total. The molecule has 0 aliphatic carbocycles. The lowest BCUT2D eigenvalue weighted by Crippen LogP contribution is -2.09. The molecule has 0 amide bonds. The zero-order valence-electron chi connectivity index (χ0n) is 12.1. The van der Waals surface area contributed by atoms with Crippen LogP contribution < -0.4 is 10.0 Å². The van der Waals surface area contributed by atoms with Crippen molar-refractivity contribution in [2.45, 2.75) is 13.5 Å². The highest BCUT2D eigenvalue weighted by molar-refractivity contribution is 7.80. The third-order valence-electron chi connectivity index (χ3n) is 3.11. The van der Waals surface area contributed by atoms with E-state index in [1.807, 2.05) is 0 Å². The fourth-order valence-corrected chi connectivity index (χ4v) is 2.35. The summed E-state index contributed by atoms with van der Waals surface area (Å²) in [6, 6.07) is 7.51. The van der Waals surface area contributed by atoms with Crippen molar-refractivity contribution in [3.05, 3.63) is 59.2 Å². The lowest BCUT2D eigenvalue weighted by molar-refractivity contribution is 0.101. The average Bonchev–Trinajstić information content (AvgIpc) is 2.46. The zero-order chi connectivity index (χ0) is 17.0. The highest BCUT2D eigenvalue weighted by Gasteiger charge is 2.09. The van der Waals surface area contributed by atoms with Gasteiger partial charge in [-0.3, -0.25) is 9.00 Å². The largest absolute Gasteiger partial charge is 0.755 e. The maximum Gasteiger partial charge on any atom is 0.159 e. The minimum Gasteiger partial charge on any atom is -0.755 e. The number of nitrogens with one attached hydrogen (secondary N) is 2. The normalized spacial score (nSPS) is 11.8. The van der Waals surface area contributed by atoms with Crippen LogP contribution >= 0.6 is 0 Å². The Hall–Kier alpha value is -2.32. The first-order chi connectivity index (χ1) is 10.9. The molecule has 0 saturated carbocycles. The van der Waals surface area contributed by atoms with E-state index < -0.39 is 22.9 Å². The van der Waals surface area contributed by atoms with E-state index in [0.29, 0.717) is 11.1 Å². The van der Waals surface area contributed by atoms with Crippen molar-refractivity contribution in [3.8, 4) is 0 Å². The lowest BCUT2D eigenvalue weighted by atomic mass is 10.1. The summed E-state index contributed by atoms with van der Waals surface area (Å²) in [7, 11) is 0. The number of hydrogen-bond donors (Lipinski definition) is 2. The van der Waals surface area contributed by atoms with Crippen LogP contribution in [0.3, 0.4) is 0 Å². The number of anilines is 2. The number of ketones is 1. The summed E-state index contributed by atoms with van der Waals surface area (Å²) in [6.07, 6.45) is 0. The van der Waals surface area contributed by atoms with E-state index >= 15 is 0 Å². The van der Waals surface area contributed by atoms with E-state index in [4.69, 9.17) is 0 Å². The van der Waals surface area contributed by atoms with Gasteiger partial charge in [-0.1, -0.05) is 0 Å². The van der Waals surface area contributed by atoms with Gasteiger partial charge in [-0.2, -0.15) is 0 Å². The van der Waals surface area contributed by atoms with Gasteiger partial charge in [0.25, 0.3) is 0 Å².